The molecule has 0 aliphatic carbocycles. The molecule has 0 fully saturated rings. The van der Waals surface area contributed by atoms with Gasteiger partial charge < -0.3 is 37.5 Å². The first-order valence-corrected chi connectivity index (χ1v) is 0. The van der Waals surface area contributed by atoms with Crippen molar-refractivity contribution in [1.82, 2.24) is 0 Å². The Hall–Kier alpha value is 3.86. The van der Waals surface area contributed by atoms with Gasteiger partial charge in [-0.2, -0.15) is 0 Å². The average Bonchev–Trinajstić information content (AvgIpc) is 0. The van der Waals surface area contributed by atoms with E-state index in [1.54, 1.807) is 0 Å². The van der Waals surface area contributed by atoms with Gasteiger partial charge in [-0.3, -0.25) is 0 Å². The van der Waals surface area contributed by atoms with Gasteiger partial charge in [0, 0.05) is 0 Å². The van der Waals surface area contributed by atoms with Crippen molar-refractivity contribution in [2.75, 3.05) is 0 Å². The molecular formula is CuIKSZn+2. The third-order valence-corrected chi connectivity index (χ3v) is 0. The van der Waals surface area contributed by atoms with E-state index in [2.05, 4.69) is 0 Å². The van der Waals surface area contributed by atoms with Gasteiger partial charge in [0.25, 0.3) is 0 Å². The Labute approximate surface area is 122 Å². The summed E-state index contributed by atoms with van der Waals surface area (Å²) in [6, 6.07) is 0. The van der Waals surface area contributed by atoms with Crippen LogP contribution < -0.4 is 75.4 Å². The Bertz CT molecular complexity index is 11.6. The van der Waals surface area contributed by atoms with E-state index in [1.807, 2.05) is 0 Å². The van der Waals surface area contributed by atoms with Crippen LogP contribution in [-0.4, -0.2) is 0 Å². The van der Waals surface area contributed by atoms with Crippen molar-refractivity contribution in [3.8, 4) is 0 Å². The van der Waals surface area contributed by atoms with Gasteiger partial charge in [0.1, 0.15) is 0 Å². The molecule has 5 heavy (non-hydrogen) atoms. The number of hydrogen-bond donors (Lipinski definition) is 0. The molecule has 5 heteroatoms. The SMILES string of the molecule is [Cu+2].[I-].[K+].[S-2].[Zn+2]. The zero-order chi connectivity index (χ0) is 0. The number of halogens is 1. The van der Waals surface area contributed by atoms with Gasteiger partial charge >= 0.3 is 87.9 Å². The molecule has 0 bridgehead atoms. The van der Waals surface area contributed by atoms with Crippen LogP contribution >= 0.6 is 0 Å². The minimum absolute atomic E-state index is 0. The summed E-state index contributed by atoms with van der Waals surface area (Å²) >= 11 is 0. The van der Waals surface area contributed by atoms with E-state index in [9.17, 15) is 0 Å². The summed E-state index contributed by atoms with van der Waals surface area (Å²) in [5, 5.41) is 0. The normalized spacial score (nSPS) is 0. The van der Waals surface area contributed by atoms with Crippen molar-refractivity contribution in [3.05, 3.63) is 0 Å². The molecule has 0 aliphatic heterocycles. The smallest absolute Gasteiger partial charge is 2.00 e. The third kappa shape index (κ3) is 18.1. The molecule has 0 N–H and O–H groups in total. The summed E-state index contributed by atoms with van der Waals surface area (Å²) in [5.74, 6) is 0. The molecule has 0 saturated heterocycles. The average molecular weight is 327 g/mol. The predicted molar refractivity (Wildman–Crippen MR) is 7.37 cm³/mol. The maximum Gasteiger partial charge on any atom is 2.00 e. The van der Waals surface area contributed by atoms with Crippen molar-refractivity contribution < 1.29 is 112 Å². The van der Waals surface area contributed by atoms with Crippen LogP contribution in [0.2, 0.25) is 0 Å². The van der Waals surface area contributed by atoms with E-state index in [1.165, 1.54) is 0 Å². The fourth-order valence-corrected chi connectivity index (χ4v) is 0. The Morgan fingerprint density at radius 1 is 1.00 bits per heavy atom. The van der Waals surface area contributed by atoms with Crippen LogP contribution in [0, 0.1) is 0 Å². The first-order valence-electron chi connectivity index (χ1n) is 0. The van der Waals surface area contributed by atoms with Crippen molar-refractivity contribution in [2.45, 2.75) is 0 Å². The Kier molecular flexibility index (Phi) is 182. The second kappa shape index (κ2) is 24.8. The molecule has 0 heterocycles. The predicted octanol–water partition coefficient (Wildman–Crippen LogP) is -6.00. The van der Waals surface area contributed by atoms with E-state index in [0.717, 1.165) is 0 Å². The second-order valence-corrected chi connectivity index (χ2v) is 0. The van der Waals surface area contributed by atoms with E-state index in [0.29, 0.717) is 0 Å². The van der Waals surface area contributed by atoms with Crippen molar-refractivity contribution in [3.63, 3.8) is 0 Å². The molecule has 0 nitrogen and oxygen atoms in total. The van der Waals surface area contributed by atoms with Crippen LogP contribution in [0.1, 0.15) is 0 Å². The Morgan fingerprint density at radius 3 is 1.00 bits per heavy atom. The zero-order valence-electron chi connectivity index (χ0n) is 2.79. The Morgan fingerprint density at radius 2 is 1.00 bits per heavy atom. The maximum absolute atomic E-state index is 0. The minimum atomic E-state index is 0. The summed E-state index contributed by atoms with van der Waals surface area (Å²) in [6.45, 7) is 0. The summed E-state index contributed by atoms with van der Waals surface area (Å²) in [6.07, 6.45) is 0. The number of hydrogen-bond acceptors (Lipinski definition) is 0. The minimum Gasteiger partial charge on any atom is -2.00 e. The third-order valence-electron chi connectivity index (χ3n) is 0. The maximum atomic E-state index is 0. The molecular weight excluding hydrogens is 327 g/mol. The van der Waals surface area contributed by atoms with E-state index in [4.69, 9.17) is 0 Å². The van der Waals surface area contributed by atoms with Crippen LogP contribution in [0.3, 0.4) is 0 Å². The van der Waals surface area contributed by atoms with Crippen LogP contribution in [0.25, 0.3) is 0 Å². The molecule has 0 spiro atoms. The molecule has 0 atom stereocenters. The Balaban J connectivity index is 0. The van der Waals surface area contributed by atoms with Gasteiger partial charge in [-0.1, -0.05) is 0 Å². The number of rotatable bonds is 0. The first-order chi connectivity index (χ1) is 0. The molecule has 0 unspecified atom stereocenters. The van der Waals surface area contributed by atoms with E-state index in [-0.39, 0.29) is 125 Å². The van der Waals surface area contributed by atoms with Crippen LogP contribution in [0.15, 0.2) is 0 Å². The summed E-state index contributed by atoms with van der Waals surface area (Å²) in [4.78, 5) is 0. The topological polar surface area (TPSA) is 0 Å². The van der Waals surface area contributed by atoms with Gasteiger partial charge in [-0.15, -0.1) is 0 Å². The van der Waals surface area contributed by atoms with Crippen LogP contribution in [0.5, 0.6) is 0 Å². The standard InChI is InChI=1S/Cu.HI.K.S.Zn/h;1H;;;/q+2;;+1;-2;+2/p-1. The first kappa shape index (κ1) is 36.7. The van der Waals surface area contributed by atoms with Gasteiger partial charge in [-0.05, 0) is 0 Å². The van der Waals surface area contributed by atoms with Gasteiger partial charge in [-0.25, -0.2) is 0 Å². The van der Waals surface area contributed by atoms with Gasteiger partial charge in [0.15, 0.2) is 0 Å². The fourth-order valence-electron chi connectivity index (χ4n) is 0. The van der Waals surface area contributed by atoms with Gasteiger partial charge in [0.2, 0.25) is 0 Å². The molecule has 0 saturated carbocycles. The van der Waals surface area contributed by atoms with Crippen molar-refractivity contribution in [1.29, 1.82) is 0 Å². The zero-order valence-corrected chi connectivity index (χ0v) is 12.8. The van der Waals surface area contributed by atoms with E-state index >= 15 is 0 Å². The summed E-state index contributed by atoms with van der Waals surface area (Å²) in [7, 11) is 0. The largest absolute Gasteiger partial charge is 2.00 e. The monoisotopic (exact) mass is 325 g/mol. The molecule has 0 amide bonds. The van der Waals surface area contributed by atoms with Crippen molar-refractivity contribution in [2.24, 2.45) is 0 Å². The molecule has 0 aromatic carbocycles. The van der Waals surface area contributed by atoms with Crippen LogP contribution in [0.4, 0.5) is 0 Å². The van der Waals surface area contributed by atoms with E-state index < -0.39 is 0 Å². The summed E-state index contributed by atoms with van der Waals surface area (Å²) < 4.78 is 0. The van der Waals surface area contributed by atoms with Crippen molar-refractivity contribution >= 4 is 13.5 Å². The van der Waals surface area contributed by atoms with Gasteiger partial charge in [0.05, 0.1) is 0 Å². The van der Waals surface area contributed by atoms with Crippen LogP contribution in [-0.2, 0) is 50.0 Å². The summed E-state index contributed by atoms with van der Waals surface area (Å²) in [5.41, 5.74) is 0. The molecule has 25 valence electrons. The molecule has 1 radical (unpaired) electrons. The second-order valence-electron chi connectivity index (χ2n) is 0. The molecule has 0 aromatic rings. The fraction of sp³-hybridized carbons (Fsp3) is 0. The molecule has 0 rings (SSSR count). The molecule has 0 aliphatic rings. The molecule has 0 aromatic heterocycles. The quantitative estimate of drug-likeness (QED) is 0.307.